The van der Waals surface area contributed by atoms with Gasteiger partial charge in [0, 0.05) is 44.1 Å². The molecule has 0 spiro atoms. The normalized spacial score (nSPS) is 15.5. The number of halogens is 5. The van der Waals surface area contributed by atoms with Crippen molar-refractivity contribution in [1.82, 2.24) is 14.8 Å². The van der Waals surface area contributed by atoms with Crippen LogP contribution in [-0.4, -0.2) is 59.3 Å². The lowest BCUT2D eigenvalue weighted by Gasteiger charge is -2.27. The van der Waals surface area contributed by atoms with Gasteiger partial charge in [-0.15, -0.1) is 0 Å². The van der Waals surface area contributed by atoms with Crippen LogP contribution in [0.25, 0.3) is 11.1 Å². The van der Waals surface area contributed by atoms with Gasteiger partial charge in [-0.1, -0.05) is 13.8 Å². The number of hydrogen-bond acceptors (Lipinski definition) is 5. The number of carboxylic acids is 1. The van der Waals surface area contributed by atoms with Crippen LogP contribution in [0.1, 0.15) is 78.6 Å². The Balaban J connectivity index is 1.76. The quantitative estimate of drug-likeness (QED) is 0.199. The molecule has 0 bridgehead atoms. The number of carbonyl (C=O) groups is 2. The Morgan fingerprint density at radius 1 is 0.980 bits per heavy atom. The molecule has 0 radical (unpaired) electrons. The van der Waals surface area contributed by atoms with Gasteiger partial charge in [-0.2, -0.15) is 13.2 Å². The summed E-state index contributed by atoms with van der Waals surface area (Å²) in [6.07, 6.45) is -3.77. The van der Waals surface area contributed by atoms with Gasteiger partial charge < -0.3 is 24.6 Å². The number of aryl methyl sites for hydroxylation is 3. The zero-order valence-electron chi connectivity index (χ0n) is 28.9. The van der Waals surface area contributed by atoms with Crippen LogP contribution in [0.15, 0.2) is 41.3 Å². The SMILES string of the molecule is Cc1cc(-c2c(C)cc(F)cc2C)cc(C(CC(=O)O)NC(=O)[C@H](CC(C)C)n2cc(CCN3CCCOCC3)c(C(F)(F)F)cc2=O)c1F. The summed E-state index contributed by atoms with van der Waals surface area (Å²) >= 11 is 0. The lowest BCUT2D eigenvalue weighted by Crippen LogP contribution is -2.41. The van der Waals surface area contributed by atoms with Crippen LogP contribution in [0.5, 0.6) is 0 Å². The highest BCUT2D eigenvalue weighted by molar-refractivity contribution is 5.82. The smallest absolute Gasteiger partial charge is 0.416 e. The Kier molecular flexibility index (Phi) is 12.6. The first kappa shape index (κ1) is 38.7. The number of amides is 1. The van der Waals surface area contributed by atoms with E-state index in [9.17, 15) is 37.1 Å². The van der Waals surface area contributed by atoms with E-state index in [0.29, 0.717) is 54.6 Å². The Morgan fingerprint density at radius 3 is 2.28 bits per heavy atom. The number of benzene rings is 2. The fourth-order valence-corrected chi connectivity index (χ4v) is 6.63. The van der Waals surface area contributed by atoms with Crippen molar-refractivity contribution in [2.45, 2.75) is 78.6 Å². The van der Waals surface area contributed by atoms with Crippen LogP contribution in [0, 0.1) is 38.3 Å². The maximum absolute atomic E-state index is 15.8. The average Bonchev–Trinajstić information content (AvgIpc) is 3.28. The van der Waals surface area contributed by atoms with Crippen molar-refractivity contribution < 1.29 is 41.4 Å². The number of carbonyl (C=O) groups excluding carboxylic acids is 1. The highest BCUT2D eigenvalue weighted by atomic mass is 19.4. The first-order valence-corrected chi connectivity index (χ1v) is 16.7. The Morgan fingerprint density at radius 2 is 1.66 bits per heavy atom. The molecule has 1 saturated heterocycles. The molecule has 4 rings (SSSR count). The second-order valence-corrected chi connectivity index (χ2v) is 13.4. The molecular weight excluding hydrogens is 661 g/mol. The summed E-state index contributed by atoms with van der Waals surface area (Å²) in [6.45, 7) is 10.9. The van der Waals surface area contributed by atoms with Gasteiger partial charge in [0.15, 0.2) is 0 Å². The molecule has 0 aliphatic carbocycles. The molecular formula is C37H44F5N3O5. The number of ether oxygens (including phenoxy) is 1. The van der Waals surface area contributed by atoms with Crippen LogP contribution in [0.4, 0.5) is 22.0 Å². The number of hydrogen-bond donors (Lipinski definition) is 2. The van der Waals surface area contributed by atoms with Gasteiger partial charge in [-0.3, -0.25) is 14.4 Å². The Labute approximate surface area is 288 Å². The minimum atomic E-state index is -4.82. The molecule has 1 aromatic heterocycles. The molecule has 50 heavy (non-hydrogen) atoms. The van der Waals surface area contributed by atoms with Crippen LogP contribution in [0.3, 0.4) is 0 Å². The molecule has 3 aromatic rings. The average molecular weight is 706 g/mol. The number of pyridine rings is 1. The van der Waals surface area contributed by atoms with E-state index >= 15 is 4.39 Å². The van der Waals surface area contributed by atoms with Crippen LogP contribution in [0.2, 0.25) is 0 Å². The zero-order valence-corrected chi connectivity index (χ0v) is 28.9. The molecule has 8 nitrogen and oxygen atoms in total. The van der Waals surface area contributed by atoms with Crippen LogP contribution < -0.4 is 10.9 Å². The fourth-order valence-electron chi connectivity index (χ4n) is 6.63. The third-order valence-corrected chi connectivity index (χ3v) is 8.95. The zero-order chi connectivity index (χ0) is 36.9. The van der Waals surface area contributed by atoms with Gasteiger partial charge in [-0.05, 0) is 104 Å². The summed E-state index contributed by atoms with van der Waals surface area (Å²) in [5.41, 5.74) is -0.0434. The predicted octanol–water partition coefficient (Wildman–Crippen LogP) is 6.92. The maximum atomic E-state index is 15.8. The highest BCUT2D eigenvalue weighted by Crippen LogP contribution is 2.35. The first-order valence-electron chi connectivity index (χ1n) is 16.7. The van der Waals surface area contributed by atoms with Crippen LogP contribution >= 0.6 is 0 Å². The maximum Gasteiger partial charge on any atom is 0.416 e. The van der Waals surface area contributed by atoms with Crippen molar-refractivity contribution in [2.75, 3.05) is 32.8 Å². The summed E-state index contributed by atoms with van der Waals surface area (Å²) in [6, 6.07) is 3.37. The summed E-state index contributed by atoms with van der Waals surface area (Å²) < 4.78 is 78.8. The van der Waals surface area contributed by atoms with Crippen molar-refractivity contribution in [3.05, 3.63) is 91.9 Å². The molecule has 2 heterocycles. The van der Waals surface area contributed by atoms with Crippen molar-refractivity contribution >= 4 is 11.9 Å². The third kappa shape index (κ3) is 9.57. The minimum Gasteiger partial charge on any atom is -0.481 e. The van der Waals surface area contributed by atoms with Crippen molar-refractivity contribution in [1.29, 1.82) is 0 Å². The monoisotopic (exact) mass is 705 g/mol. The number of aromatic nitrogens is 1. The Bertz CT molecular complexity index is 1740. The largest absolute Gasteiger partial charge is 0.481 e. The van der Waals surface area contributed by atoms with E-state index in [4.69, 9.17) is 4.74 Å². The lowest BCUT2D eigenvalue weighted by atomic mass is 9.90. The first-order chi connectivity index (χ1) is 23.5. The van der Waals surface area contributed by atoms with E-state index in [0.717, 1.165) is 17.2 Å². The predicted molar refractivity (Wildman–Crippen MR) is 179 cm³/mol. The summed E-state index contributed by atoms with van der Waals surface area (Å²) in [7, 11) is 0. The summed E-state index contributed by atoms with van der Waals surface area (Å²) in [5.74, 6) is -3.62. The van der Waals surface area contributed by atoms with Crippen molar-refractivity contribution in [3.8, 4) is 11.1 Å². The molecule has 0 saturated carbocycles. The molecule has 272 valence electrons. The second-order valence-electron chi connectivity index (χ2n) is 13.4. The number of aliphatic carboxylic acids is 1. The van der Waals surface area contributed by atoms with E-state index in [1.807, 2.05) is 4.90 Å². The van der Waals surface area contributed by atoms with E-state index in [1.54, 1.807) is 33.8 Å². The highest BCUT2D eigenvalue weighted by Gasteiger charge is 2.36. The topological polar surface area (TPSA) is 101 Å². The van der Waals surface area contributed by atoms with Gasteiger partial charge in [0.1, 0.15) is 17.7 Å². The summed E-state index contributed by atoms with van der Waals surface area (Å²) in [4.78, 5) is 41.4. The van der Waals surface area contributed by atoms with Crippen LogP contribution in [-0.2, 0) is 26.9 Å². The number of nitrogens with one attached hydrogen (secondary N) is 1. The number of carboxylic acid groups (broad SMARTS) is 1. The van der Waals surface area contributed by atoms with Gasteiger partial charge in [0.25, 0.3) is 5.56 Å². The molecule has 1 amide bonds. The molecule has 1 unspecified atom stereocenters. The van der Waals surface area contributed by atoms with Gasteiger partial charge in [0.2, 0.25) is 5.91 Å². The number of nitrogens with zero attached hydrogens (tertiary/aromatic N) is 2. The lowest BCUT2D eigenvalue weighted by molar-refractivity contribution is -0.139. The number of rotatable bonds is 12. The van der Waals surface area contributed by atoms with E-state index in [2.05, 4.69) is 5.32 Å². The molecule has 1 aliphatic rings. The minimum absolute atomic E-state index is 0.0231. The van der Waals surface area contributed by atoms with E-state index < -0.39 is 59.3 Å². The molecule has 2 atom stereocenters. The van der Waals surface area contributed by atoms with Crippen molar-refractivity contribution in [3.63, 3.8) is 0 Å². The van der Waals surface area contributed by atoms with E-state index in [1.165, 1.54) is 25.1 Å². The molecule has 13 heteroatoms. The molecule has 1 fully saturated rings. The van der Waals surface area contributed by atoms with E-state index in [-0.39, 0.29) is 42.0 Å². The fraction of sp³-hybridized carbons (Fsp3) is 0.486. The molecule has 2 N–H and O–H groups in total. The third-order valence-electron chi connectivity index (χ3n) is 8.95. The second kappa shape index (κ2) is 16.3. The van der Waals surface area contributed by atoms with Gasteiger partial charge >= 0.3 is 12.1 Å². The summed E-state index contributed by atoms with van der Waals surface area (Å²) in [5, 5.41) is 12.4. The molecule has 2 aromatic carbocycles. The standard InChI is InChI=1S/C37H44F5N3O5/c1-21(2)13-31(45-20-25(29(18-32(45)46)37(40,41)42)7-9-44-8-6-11-50-12-10-44)36(49)43-30(19-33(47)48)28-17-26(14-24(5)35(28)39)34-22(3)15-27(38)16-23(34)4/h14-18,20-21,30-31H,6-13,19H2,1-5H3,(H,43,49)(H,47,48)/t30?,31-/m0/s1. The van der Waals surface area contributed by atoms with Crippen molar-refractivity contribution in [2.24, 2.45) is 5.92 Å². The van der Waals surface area contributed by atoms with Gasteiger partial charge in [0.05, 0.1) is 24.6 Å². The van der Waals surface area contributed by atoms with Gasteiger partial charge in [-0.25, -0.2) is 8.78 Å². The Hall–Kier alpha value is -4.10. The molecule has 1 aliphatic heterocycles. The number of alkyl halides is 3.